The van der Waals surface area contributed by atoms with Crippen LogP contribution in [0.3, 0.4) is 0 Å². The van der Waals surface area contributed by atoms with Crippen molar-refractivity contribution in [1.82, 2.24) is 9.97 Å². The summed E-state index contributed by atoms with van der Waals surface area (Å²) in [6, 6.07) is 7.41. The van der Waals surface area contributed by atoms with Gasteiger partial charge in [-0.15, -0.1) is 0 Å². The molecule has 2 unspecified atom stereocenters. The van der Waals surface area contributed by atoms with Crippen LogP contribution in [0.2, 0.25) is 0 Å². The van der Waals surface area contributed by atoms with Crippen molar-refractivity contribution in [1.29, 1.82) is 0 Å². The van der Waals surface area contributed by atoms with E-state index in [9.17, 15) is 4.79 Å². The molecule has 94 valence electrons. The number of nitrogens with zero attached hydrogens (tertiary/aromatic N) is 2. The highest BCUT2D eigenvalue weighted by Crippen LogP contribution is 2.20. The van der Waals surface area contributed by atoms with E-state index in [0.29, 0.717) is 5.82 Å². The van der Waals surface area contributed by atoms with Crippen LogP contribution in [0.15, 0.2) is 30.6 Å². The van der Waals surface area contributed by atoms with E-state index in [0.717, 1.165) is 10.9 Å². The fraction of sp³-hybridized carbons (Fsp3) is 0.308. The Balaban J connectivity index is 2.29. The molecule has 2 aromatic rings. The molecule has 18 heavy (non-hydrogen) atoms. The monoisotopic (exact) mass is 245 g/mol. The molecule has 0 bridgehead atoms. The largest absolute Gasteiger partial charge is 0.481 e. The second kappa shape index (κ2) is 5.00. The first-order chi connectivity index (χ1) is 8.59. The van der Waals surface area contributed by atoms with Gasteiger partial charge in [-0.25, -0.2) is 9.97 Å². The van der Waals surface area contributed by atoms with Gasteiger partial charge in [0.1, 0.15) is 12.1 Å². The molecule has 0 saturated heterocycles. The lowest BCUT2D eigenvalue weighted by atomic mass is 10.0. The van der Waals surface area contributed by atoms with E-state index in [4.69, 9.17) is 5.11 Å². The second-order valence-electron chi connectivity index (χ2n) is 4.30. The number of carboxylic acid groups (broad SMARTS) is 1. The number of benzene rings is 1. The summed E-state index contributed by atoms with van der Waals surface area (Å²) in [6.07, 6.45) is 1.48. The van der Waals surface area contributed by atoms with Crippen molar-refractivity contribution in [2.75, 3.05) is 5.32 Å². The number of fused-ring (bicyclic) bond motifs is 1. The van der Waals surface area contributed by atoms with Crippen molar-refractivity contribution >= 4 is 22.7 Å². The third kappa shape index (κ3) is 2.40. The van der Waals surface area contributed by atoms with Crippen LogP contribution >= 0.6 is 0 Å². The highest BCUT2D eigenvalue weighted by molar-refractivity contribution is 5.88. The molecule has 0 amide bonds. The Kier molecular flexibility index (Phi) is 3.41. The Labute approximate surface area is 105 Å². The number of anilines is 1. The normalized spacial score (nSPS) is 14.1. The first-order valence-electron chi connectivity index (χ1n) is 5.78. The third-order valence-corrected chi connectivity index (χ3v) is 3.05. The zero-order chi connectivity index (χ0) is 13.1. The number of carboxylic acids is 1. The van der Waals surface area contributed by atoms with Gasteiger partial charge in [0.25, 0.3) is 0 Å². The van der Waals surface area contributed by atoms with E-state index in [1.54, 1.807) is 6.92 Å². The fourth-order valence-corrected chi connectivity index (χ4v) is 1.67. The minimum atomic E-state index is -0.826. The van der Waals surface area contributed by atoms with E-state index in [1.807, 2.05) is 31.2 Å². The van der Waals surface area contributed by atoms with Crippen LogP contribution in [0.1, 0.15) is 13.8 Å². The smallest absolute Gasteiger partial charge is 0.308 e. The molecule has 2 rings (SSSR count). The Bertz CT molecular complexity index is 566. The lowest BCUT2D eigenvalue weighted by Crippen LogP contribution is -2.30. The van der Waals surface area contributed by atoms with Gasteiger partial charge in [-0.1, -0.05) is 12.1 Å². The highest BCUT2D eigenvalue weighted by atomic mass is 16.4. The van der Waals surface area contributed by atoms with Gasteiger partial charge >= 0.3 is 5.97 Å². The van der Waals surface area contributed by atoms with Crippen LogP contribution in [-0.4, -0.2) is 27.1 Å². The van der Waals surface area contributed by atoms with Crippen molar-refractivity contribution < 1.29 is 9.90 Å². The van der Waals surface area contributed by atoms with E-state index in [1.165, 1.54) is 6.33 Å². The van der Waals surface area contributed by atoms with Gasteiger partial charge in [0.05, 0.1) is 11.4 Å². The zero-order valence-corrected chi connectivity index (χ0v) is 10.3. The number of hydrogen-bond donors (Lipinski definition) is 2. The number of aromatic nitrogens is 2. The SMILES string of the molecule is CC(Nc1ncnc2ccccc12)C(C)C(=O)O. The fourth-order valence-electron chi connectivity index (χ4n) is 1.67. The topological polar surface area (TPSA) is 75.1 Å². The summed E-state index contributed by atoms with van der Waals surface area (Å²) >= 11 is 0. The maximum atomic E-state index is 10.9. The van der Waals surface area contributed by atoms with Crippen LogP contribution < -0.4 is 5.32 Å². The van der Waals surface area contributed by atoms with Crippen molar-refractivity contribution in [2.24, 2.45) is 5.92 Å². The van der Waals surface area contributed by atoms with Crippen molar-refractivity contribution in [2.45, 2.75) is 19.9 Å². The number of carbonyl (C=O) groups is 1. The summed E-state index contributed by atoms with van der Waals surface area (Å²) < 4.78 is 0. The molecule has 1 aromatic carbocycles. The molecule has 0 aliphatic carbocycles. The van der Waals surface area contributed by atoms with Gasteiger partial charge in [-0.2, -0.15) is 0 Å². The Morgan fingerprint density at radius 3 is 2.72 bits per heavy atom. The van der Waals surface area contributed by atoms with Crippen LogP contribution in [0.5, 0.6) is 0 Å². The Hall–Kier alpha value is -2.17. The molecule has 2 N–H and O–H groups in total. The maximum Gasteiger partial charge on any atom is 0.308 e. The van der Waals surface area contributed by atoms with Crippen LogP contribution in [0.4, 0.5) is 5.82 Å². The van der Waals surface area contributed by atoms with Gasteiger partial charge in [0.2, 0.25) is 0 Å². The summed E-state index contributed by atoms with van der Waals surface area (Å²) in [5, 5.41) is 13.0. The molecule has 5 heteroatoms. The average Bonchev–Trinajstić information content (AvgIpc) is 2.38. The number of hydrogen-bond acceptors (Lipinski definition) is 4. The van der Waals surface area contributed by atoms with Crippen molar-refractivity contribution in [3.8, 4) is 0 Å². The molecular weight excluding hydrogens is 230 g/mol. The van der Waals surface area contributed by atoms with E-state index in [-0.39, 0.29) is 6.04 Å². The van der Waals surface area contributed by atoms with Crippen molar-refractivity contribution in [3.05, 3.63) is 30.6 Å². The van der Waals surface area contributed by atoms with Crippen LogP contribution in [-0.2, 0) is 4.79 Å². The molecule has 0 spiro atoms. The molecule has 1 aromatic heterocycles. The molecule has 0 aliphatic heterocycles. The predicted molar refractivity (Wildman–Crippen MR) is 69.4 cm³/mol. The van der Waals surface area contributed by atoms with E-state index < -0.39 is 11.9 Å². The number of rotatable bonds is 4. The lowest BCUT2D eigenvalue weighted by Gasteiger charge is -2.19. The quantitative estimate of drug-likeness (QED) is 0.863. The third-order valence-electron chi connectivity index (χ3n) is 3.05. The molecule has 0 aliphatic rings. The Morgan fingerprint density at radius 2 is 2.00 bits per heavy atom. The maximum absolute atomic E-state index is 10.9. The van der Waals surface area contributed by atoms with Gasteiger partial charge in [0, 0.05) is 11.4 Å². The first kappa shape index (κ1) is 12.3. The molecule has 5 nitrogen and oxygen atoms in total. The molecule has 0 fully saturated rings. The standard InChI is InChI=1S/C13H15N3O2/c1-8(13(17)18)9(2)16-12-10-5-3-4-6-11(10)14-7-15-12/h3-9H,1-2H3,(H,17,18)(H,14,15,16). The Morgan fingerprint density at radius 1 is 1.28 bits per heavy atom. The van der Waals surface area contributed by atoms with Gasteiger partial charge in [-0.3, -0.25) is 4.79 Å². The second-order valence-corrected chi connectivity index (χ2v) is 4.30. The highest BCUT2D eigenvalue weighted by Gasteiger charge is 2.20. The summed E-state index contributed by atoms with van der Waals surface area (Å²) in [6.45, 7) is 3.50. The molecule has 0 radical (unpaired) electrons. The van der Waals surface area contributed by atoms with Crippen LogP contribution in [0, 0.1) is 5.92 Å². The molecule has 0 saturated carbocycles. The number of para-hydroxylation sites is 1. The summed E-state index contributed by atoms with van der Waals surface area (Å²) in [5.41, 5.74) is 0.838. The van der Waals surface area contributed by atoms with E-state index in [2.05, 4.69) is 15.3 Å². The predicted octanol–water partition coefficient (Wildman–Crippen LogP) is 2.15. The lowest BCUT2D eigenvalue weighted by molar-refractivity contribution is -0.141. The first-order valence-corrected chi connectivity index (χ1v) is 5.78. The summed E-state index contributed by atoms with van der Waals surface area (Å²) in [5.74, 6) is -0.645. The molecular formula is C13H15N3O2. The molecule has 1 heterocycles. The van der Waals surface area contributed by atoms with Gasteiger partial charge in [0.15, 0.2) is 0 Å². The van der Waals surface area contributed by atoms with Crippen molar-refractivity contribution in [3.63, 3.8) is 0 Å². The van der Waals surface area contributed by atoms with E-state index >= 15 is 0 Å². The van der Waals surface area contributed by atoms with Gasteiger partial charge in [-0.05, 0) is 26.0 Å². The van der Waals surface area contributed by atoms with Crippen LogP contribution in [0.25, 0.3) is 10.9 Å². The number of aliphatic carboxylic acids is 1. The van der Waals surface area contributed by atoms with Gasteiger partial charge < -0.3 is 10.4 Å². The number of nitrogens with one attached hydrogen (secondary N) is 1. The average molecular weight is 245 g/mol. The molecule has 2 atom stereocenters. The minimum absolute atomic E-state index is 0.208. The zero-order valence-electron chi connectivity index (χ0n) is 10.3. The summed E-state index contributed by atoms with van der Waals surface area (Å²) in [4.78, 5) is 19.3. The minimum Gasteiger partial charge on any atom is -0.481 e. The summed E-state index contributed by atoms with van der Waals surface area (Å²) in [7, 11) is 0.